The van der Waals surface area contributed by atoms with Crippen molar-refractivity contribution in [1.29, 1.82) is 5.26 Å². The van der Waals surface area contributed by atoms with E-state index in [2.05, 4.69) is 35.2 Å². The normalized spacial score (nSPS) is 20.0. The Balaban J connectivity index is 1.67. The second-order valence-corrected chi connectivity index (χ2v) is 6.32. The highest BCUT2D eigenvalue weighted by molar-refractivity contribution is 6.68. The molecule has 24 heavy (non-hydrogen) atoms. The maximum atomic E-state index is 9.37. The van der Waals surface area contributed by atoms with Crippen molar-refractivity contribution < 1.29 is 4.74 Å². The molecule has 2 unspecified atom stereocenters. The molecule has 1 saturated heterocycles. The standard InChI is InChI=1S/C20H17BN2O/c22-14-21-11-18(15-5-2-1-3-6-15)20(12-21)24-19-8-4-7-16-13-23-10-9-17(16)19/h1-10,13,18,20H,11-12H2. The van der Waals surface area contributed by atoms with Gasteiger partial charge in [-0.3, -0.25) is 4.98 Å². The van der Waals surface area contributed by atoms with E-state index in [1.807, 2.05) is 36.5 Å². The average Bonchev–Trinajstić information content (AvgIpc) is 3.06. The molecule has 0 saturated carbocycles. The first-order chi connectivity index (χ1) is 11.8. The van der Waals surface area contributed by atoms with E-state index in [-0.39, 0.29) is 18.7 Å². The summed E-state index contributed by atoms with van der Waals surface area (Å²) in [6.07, 6.45) is 5.30. The number of aromatic nitrogens is 1. The molecule has 4 rings (SSSR count). The minimum Gasteiger partial charge on any atom is -0.490 e. The third-order valence-corrected chi connectivity index (χ3v) is 4.83. The largest absolute Gasteiger partial charge is 0.490 e. The molecular weight excluding hydrogens is 295 g/mol. The number of nitrogens with zero attached hydrogens (tertiary/aromatic N) is 2. The lowest BCUT2D eigenvalue weighted by molar-refractivity contribution is 0.207. The summed E-state index contributed by atoms with van der Waals surface area (Å²) in [5.74, 6) is 3.56. The Morgan fingerprint density at radius 3 is 2.75 bits per heavy atom. The quantitative estimate of drug-likeness (QED) is 0.676. The van der Waals surface area contributed by atoms with Gasteiger partial charge in [-0.15, -0.1) is 0 Å². The summed E-state index contributed by atoms with van der Waals surface area (Å²) >= 11 is 0. The van der Waals surface area contributed by atoms with Gasteiger partial charge in [-0.25, -0.2) is 5.26 Å². The van der Waals surface area contributed by atoms with Crippen molar-refractivity contribution in [2.45, 2.75) is 24.7 Å². The molecule has 2 atom stereocenters. The summed E-state index contributed by atoms with van der Waals surface area (Å²) in [4.78, 5) is 4.18. The fourth-order valence-corrected chi connectivity index (χ4v) is 3.64. The lowest BCUT2D eigenvalue weighted by Crippen LogP contribution is -2.19. The third kappa shape index (κ3) is 2.74. The van der Waals surface area contributed by atoms with Crippen LogP contribution in [0.25, 0.3) is 10.8 Å². The lowest BCUT2D eigenvalue weighted by Gasteiger charge is -2.23. The molecule has 0 N–H and O–H groups in total. The molecule has 0 amide bonds. The van der Waals surface area contributed by atoms with E-state index in [0.717, 1.165) is 29.2 Å². The van der Waals surface area contributed by atoms with E-state index in [1.165, 1.54) is 5.56 Å². The van der Waals surface area contributed by atoms with Crippen LogP contribution in [0.4, 0.5) is 0 Å². The summed E-state index contributed by atoms with van der Waals surface area (Å²) in [5, 5.41) is 11.5. The first-order valence-electron chi connectivity index (χ1n) is 8.29. The van der Waals surface area contributed by atoms with E-state index >= 15 is 0 Å². The highest BCUT2D eigenvalue weighted by atomic mass is 16.5. The average molecular weight is 312 g/mol. The Bertz CT molecular complexity index is 886. The fraction of sp³-hybridized carbons (Fsp3) is 0.200. The number of nitriles is 1. The van der Waals surface area contributed by atoms with Crippen LogP contribution in [0.2, 0.25) is 12.6 Å². The second-order valence-electron chi connectivity index (χ2n) is 6.32. The Hall–Kier alpha value is -2.80. The Morgan fingerprint density at radius 2 is 1.92 bits per heavy atom. The van der Waals surface area contributed by atoms with Crippen molar-refractivity contribution in [3.8, 4) is 11.7 Å². The van der Waals surface area contributed by atoms with Crippen LogP contribution in [0.1, 0.15) is 11.5 Å². The Kier molecular flexibility index (Phi) is 3.92. The highest BCUT2D eigenvalue weighted by Gasteiger charge is 2.39. The molecule has 3 aromatic rings. The fourth-order valence-electron chi connectivity index (χ4n) is 3.64. The Labute approximate surface area is 142 Å². The van der Waals surface area contributed by atoms with Gasteiger partial charge in [0.1, 0.15) is 5.75 Å². The number of pyridine rings is 1. The molecular formula is C20H17BN2O. The number of rotatable bonds is 3. The van der Waals surface area contributed by atoms with Crippen molar-refractivity contribution in [2.24, 2.45) is 0 Å². The van der Waals surface area contributed by atoms with Gasteiger partial charge in [0, 0.05) is 35.1 Å². The predicted octanol–water partition coefficient (Wildman–Crippen LogP) is 4.34. The maximum Gasteiger partial charge on any atom is 0.272 e. The van der Waals surface area contributed by atoms with E-state index in [0.29, 0.717) is 0 Å². The van der Waals surface area contributed by atoms with Crippen LogP contribution >= 0.6 is 0 Å². The van der Waals surface area contributed by atoms with Crippen molar-refractivity contribution in [1.82, 2.24) is 4.98 Å². The van der Waals surface area contributed by atoms with Crippen LogP contribution in [-0.4, -0.2) is 17.8 Å². The highest BCUT2D eigenvalue weighted by Crippen LogP contribution is 2.39. The van der Waals surface area contributed by atoms with Gasteiger partial charge in [-0.05, 0) is 30.3 Å². The molecule has 0 bridgehead atoms. The van der Waals surface area contributed by atoms with E-state index in [9.17, 15) is 5.26 Å². The van der Waals surface area contributed by atoms with E-state index in [1.54, 1.807) is 6.20 Å². The van der Waals surface area contributed by atoms with Crippen molar-refractivity contribution >= 4 is 17.5 Å². The first kappa shape index (κ1) is 14.8. The zero-order chi connectivity index (χ0) is 16.4. The number of hydrogen-bond donors (Lipinski definition) is 0. The van der Waals surface area contributed by atoms with Crippen molar-refractivity contribution in [2.75, 3.05) is 0 Å². The van der Waals surface area contributed by atoms with Crippen LogP contribution in [0.5, 0.6) is 5.75 Å². The van der Waals surface area contributed by atoms with Gasteiger partial charge in [0.2, 0.25) is 0 Å². The zero-order valence-corrected chi connectivity index (χ0v) is 13.3. The van der Waals surface area contributed by atoms with Crippen LogP contribution in [0.15, 0.2) is 67.0 Å². The molecule has 4 heteroatoms. The van der Waals surface area contributed by atoms with Gasteiger partial charge in [0.15, 0.2) is 0 Å². The van der Waals surface area contributed by atoms with Gasteiger partial charge >= 0.3 is 0 Å². The summed E-state index contributed by atoms with van der Waals surface area (Å²) < 4.78 is 6.41. The van der Waals surface area contributed by atoms with Gasteiger partial charge in [-0.1, -0.05) is 42.5 Å². The minimum atomic E-state index is 0.0239. The third-order valence-electron chi connectivity index (χ3n) is 4.83. The molecule has 3 nitrogen and oxygen atoms in total. The molecule has 1 aliphatic rings. The van der Waals surface area contributed by atoms with Gasteiger partial charge in [-0.2, -0.15) is 0 Å². The van der Waals surface area contributed by atoms with Crippen LogP contribution < -0.4 is 4.74 Å². The summed E-state index contributed by atoms with van der Waals surface area (Å²) in [6, 6.07) is 18.4. The van der Waals surface area contributed by atoms with Crippen LogP contribution in [0.3, 0.4) is 0 Å². The molecule has 1 aliphatic heterocycles. The number of ether oxygens (including phenoxy) is 1. The first-order valence-corrected chi connectivity index (χ1v) is 8.29. The van der Waals surface area contributed by atoms with E-state index in [4.69, 9.17) is 4.74 Å². The van der Waals surface area contributed by atoms with Gasteiger partial charge in [0.25, 0.3) is 6.71 Å². The van der Waals surface area contributed by atoms with E-state index < -0.39 is 0 Å². The van der Waals surface area contributed by atoms with Gasteiger partial charge in [0.05, 0.1) is 6.10 Å². The predicted molar refractivity (Wildman–Crippen MR) is 96.3 cm³/mol. The van der Waals surface area contributed by atoms with Gasteiger partial charge < -0.3 is 4.74 Å². The molecule has 1 fully saturated rings. The molecule has 0 radical (unpaired) electrons. The van der Waals surface area contributed by atoms with Crippen LogP contribution in [-0.2, 0) is 0 Å². The number of benzene rings is 2. The molecule has 1 aromatic heterocycles. The SMILES string of the molecule is N#CB1CC(Oc2cccc3cnccc23)C(c2ccccc2)C1. The smallest absolute Gasteiger partial charge is 0.272 e. The molecule has 2 aromatic carbocycles. The molecule has 116 valence electrons. The molecule has 0 spiro atoms. The van der Waals surface area contributed by atoms with Crippen molar-refractivity contribution in [3.63, 3.8) is 0 Å². The second kappa shape index (κ2) is 6.37. The topological polar surface area (TPSA) is 45.9 Å². The number of hydrogen-bond acceptors (Lipinski definition) is 3. The van der Waals surface area contributed by atoms with Crippen LogP contribution in [0, 0.1) is 11.2 Å². The van der Waals surface area contributed by atoms with Crippen molar-refractivity contribution in [3.05, 3.63) is 72.6 Å². The zero-order valence-electron chi connectivity index (χ0n) is 13.3. The molecule has 2 heterocycles. The summed E-state index contributed by atoms with van der Waals surface area (Å²) in [7, 11) is 0. The molecule has 0 aliphatic carbocycles. The summed E-state index contributed by atoms with van der Waals surface area (Å²) in [6.45, 7) is 0.0526. The lowest BCUT2D eigenvalue weighted by atomic mass is 9.49. The number of fused-ring (bicyclic) bond motifs is 1. The monoisotopic (exact) mass is 312 g/mol. The summed E-state index contributed by atoms with van der Waals surface area (Å²) in [5.41, 5.74) is 1.25. The maximum absolute atomic E-state index is 9.37. The Morgan fingerprint density at radius 1 is 1.04 bits per heavy atom. The minimum absolute atomic E-state index is 0.0239.